The van der Waals surface area contributed by atoms with Gasteiger partial charge in [0.05, 0.1) is 17.2 Å². The molecule has 0 aliphatic heterocycles. The Hall–Kier alpha value is -2.37. The Morgan fingerprint density at radius 1 is 1.19 bits per heavy atom. The van der Waals surface area contributed by atoms with Gasteiger partial charge >= 0.3 is 5.97 Å². The third-order valence-corrected chi connectivity index (χ3v) is 3.28. The average molecular weight is 292 g/mol. The molecule has 0 radical (unpaired) electrons. The number of nitrogens with zero attached hydrogens (tertiary/aromatic N) is 2. The zero-order chi connectivity index (χ0) is 16.2. The van der Waals surface area contributed by atoms with Gasteiger partial charge in [-0.25, -0.2) is 0 Å². The number of rotatable bonds is 5. The van der Waals surface area contributed by atoms with Gasteiger partial charge in [-0.2, -0.15) is 0 Å². The molecule has 6 nitrogen and oxygen atoms in total. The van der Waals surface area contributed by atoms with E-state index in [0.717, 1.165) is 0 Å². The van der Waals surface area contributed by atoms with Crippen molar-refractivity contribution >= 4 is 23.5 Å². The Kier molecular flexibility index (Phi) is 5.46. The van der Waals surface area contributed by atoms with Gasteiger partial charge in [-0.1, -0.05) is 19.1 Å². The summed E-state index contributed by atoms with van der Waals surface area (Å²) in [4.78, 5) is 37.5. The second-order valence-electron chi connectivity index (χ2n) is 5.02. The molecule has 0 fully saturated rings. The van der Waals surface area contributed by atoms with Gasteiger partial charge in [-0.05, 0) is 12.1 Å². The SMILES string of the molecule is CC(=O)N(C)c1ccccc1C(=O)N(C)CC(C)C(=O)O. The monoisotopic (exact) mass is 292 g/mol. The van der Waals surface area contributed by atoms with E-state index < -0.39 is 11.9 Å². The van der Waals surface area contributed by atoms with E-state index in [0.29, 0.717) is 11.3 Å². The maximum atomic E-state index is 12.4. The quantitative estimate of drug-likeness (QED) is 0.891. The predicted molar refractivity (Wildman–Crippen MR) is 79.3 cm³/mol. The Labute approximate surface area is 124 Å². The first-order valence-corrected chi connectivity index (χ1v) is 6.57. The van der Waals surface area contributed by atoms with Crippen LogP contribution in [0.4, 0.5) is 5.69 Å². The van der Waals surface area contributed by atoms with E-state index in [2.05, 4.69) is 0 Å². The van der Waals surface area contributed by atoms with Crippen molar-refractivity contribution in [2.45, 2.75) is 13.8 Å². The molecule has 0 aromatic heterocycles. The second kappa shape index (κ2) is 6.88. The number of para-hydroxylation sites is 1. The molecule has 1 rings (SSSR count). The number of carboxylic acid groups (broad SMARTS) is 1. The molecule has 0 aliphatic rings. The Balaban J connectivity index is 3.02. The molecule has 0 aliphatic carbocycles. The van der Waals surface area contributed by atoms with Crippen LogP contribution in [0.15, 0.2) is 24.3 Å². The molecule has 0 spiro atoms. The summed E-state index contributed by atoms with van der Waals surface area (Å²) in [5.41, 5.74) is 0.875. The highest BCUT2D eigenvalue weighted by Crippen LogP contribution is 2.21. The number of amides is 2. The van der Waals surface area contributed by atoms with Crippen molar-refractivity contribution < 1.29 is 19.5 Å². The third-order valence-electron chi connectivity index (χ3n) is 3.28. The topological polar surface area (TPSA) is 77.9 Å². The molecule has 1 atom stereocenters. The third kappa shape index (κ3) is 4.05. The van der Waals surface area contributed by atoms with E-state index >= 15 is 0 Å². The van der Waals surface area contributed by atoms with Crippen molar-refractivity contribution in [1.82, 2.24) is 4.90 Å². The zero-order valence-electron chi connectivity index (χ0n) is 12.7. The number of carboxylic acids is 1. The van der Waals surface area contributed by atoms with Crippen LogP contribution >= 0.6 is 0 Å². The van der Waals surface area contributed by atoms with Crippen LogP contribution in [0.2, 0.25) is 0 Å². The molecule has 0 saturated carbocycles. The van der Waals surface area contributed by atoms with Gasteiger partial charge in [-0.15, -0.1) is 0 Å². The van der Waals surface area contributed by atoms with Crippen LogP contribution in [0.25, 0.3) is 0 Å². The van der Waals surface area contributed by atoms with Crippen LogP contribution < -0.4 is 4.90 Å². The second-order valence-corrected chi connectivity index (χ2v) is 5.02. The van der Waals surface area contributed by atoms with Crippen LogP contribution in [-0.2, 0) is 9.59 Å². The lowest BCUT2D eigenvalue weighted by Crippen LogP contribution is -2.35. The van der Waals surface area contributed by atoms with E-state index in [4.69, 9.17) is 5.11 Å². The van der Waals surface area contributed by atoms with Crippen molar-refractivity contribution in [2.24, 2.45) is 5.92 Å². The molecule has 0 heterocycles. The molecule has 1 N–H and O–H groups in total. The van der Waals surface area contributed by atoms with Gasteiger partial charge in [0.15, 0.2) is 0 Å². The number of aliphatic carboxylic acids is 1. The number of carbonyl (C=O) groups excluding carboxylic acids is 2. The van der Waals surface area contributed by atoms with Crippen LogP contribution in [0.3, 0.4) is 0 Å². The number of carbonyl (C=O) groups is 3. The standard InChI is InChI=1S/C15H20N2O4/c1-10(15(20)21)9-16(3)14(19)12-7-5-6-8-13(12)17(4)11(2)18/h5-8,10H,9H2,1-4H3,(H,20,21). The van der Waals surface area contributed by atoms with Crippen molar-refractivity contribution in [3.63, 3.8) is 0 Å². The van der Waals surface area contributed by atoms with E-state index in [1.165, 1.54) is 16.7 Å². The Bertz CT molecular complexity index is 556. The highest BCUT2D eigenvalue weighted by atomic mass is 16.4. The fraction of sp³-hybridized carbons (Fsp3) is 0.400. The lowest BCUT2D eigenvalue weighted by Gasteiger charge is -2.23. The normalized spacial score (nSPS) is 11.6. The molecular formula is C15H20N2O4. The molecular weight excluding hydrogens is 272 g/mol. The average Bonchev–Trinajstić information content (AvgIpc) is 2.45. The minimum atomic E-state index is -0.955. The van der Waals surface area contributed by atoms with Gasteiger partial charge in [-0.3, -0.25) is 14.4 Å². The summed E-state index contributed by atoms with van der Waals surface area (Å²) in [5, 5.41) is 8.91. The molecule has 1 unspecified atom stereocenters. The first-order valence-electron chi connectivity index (χ1n) is 6.57. The summed E-state index contributed by atoms with van der Waals surface area (Å²) < 4.78 is 0. The highest BCUT2D eigenvalue weighted by Gasteiger charge is 2.22. The minimum Gasteiger partial charge on any atom is -0.481 e. The van der Waals surface area contributed by atoms with Crippen molar-refractivity contribution in [1.29, 1.82) is 0 Å². The van der Waals surface area contributed by atoms with E-state index in [-0.39, 0.29) is 18.4 Å². The fourth-order valence-electron chi connectivity index (χ4n) is 1.89. The molecule has 1 aromatic carbocycles. The van der Waals surface area contributed by atoms with E-state index in [9.17, 15) is 14.4 Å². The zero-order valence-corrected chi connectivity index (χ0v) is 12.7. The molecule has 2 amide bonds. The molecule has 0 saturated heterocycles. The number of anilines is 1. The number of hydrogen-bond acceptors (Lipinski definition) is 3. The summed E-state index contributed by atoms with van der Waals surface area (Å²) >= 11 is 0. The van der Waals surface area contributed by atoms with E-state index in [1.54, 1.807) is 45.3 Å². The van der Waals surface area contributed by atoms with Crippen LogP contribution in [-0.4, -0.2) is 48.4 Å². The predicted octanol–water partition coefficient (Wildman–Crippen LogP) is 1.46. The molecule has 6 heteroatoms. The van der Waals surface area contributed by atoms with Crippen molar-refractivity contribution in [3.8, 4) is 0 Å². The summed E-state index contributed by atoms with van der Waals surface area (Å²) in [6.07, 6.45) is 0. The maximum absolute atomic E-state index is 12.4. The number of hydrogen-bond donors (Lipinski definition) is 1. The van der Waals surface area contributed by atoms with Crippen LogP contribution in [0.1, 0.15) is 24.2 Å². The van der Waals surface area contributed by atoms with Crippen molar-refractivity contribution in [3.05, 3.63) is 29.8 Å². The molecule has 114 valence electrons. The largest absolute Gasteiger partial charge is 0.481 e. The molecule has 0 bridgehead atoms. The van der Waals surface area contributed by atoms with Gasteiger partial charge < -0.3 is 14.9 Å². The lowest BCUT2D eigenvalue weighted by atomic mass is 10.1. The Morgan fingerprint density at radius 3 is 2.29 bits per heavy atom. The first-order chi connectivity index (χ1) is 9.75. The summed E-state index contributed by atoms with van der Waals surface area (Å²) in [5.74, 6) is -2.11. The van der Waals surface area contributed by atoms with Crippen LogP contribution in [0.5, 0.6) is 0 Å². The molecule has 1 aromatic rings. The lowest BCUT2D eigenvalue weighted by molar-refractivity contribution is -0.141. The molecule has 21 heavy (non-hydrogen) atoms. The summed E-state index contributed by atoms with van der Waals surface area (Å²) in [7, 11) is 3.14. The fourth-order valence-corrected chi connectivity index (χ4v) is 1.89. The van der Waals surface area contributed by atoms with Gasteiger partial charge in [0.2, 0.25) is 5.91 Å². The van der Waals surface area contributed by atoms with Gasteiger partial charge in [0, 0.05) is 27.6 Å². The Morgan fingerprint density at radius 2 is 1.76 bits per heavy atom. The summed E-state index contributed by atoms with van der Waals surface area (Å²) in [6.45, 7) is 3.06. The van der Waals surface area contributed by atoms with Gasteiger partial charge in [0.25, 0.3) is 5.91 Å². The minimum absolute atomic E-state index is 0.103. The first kappa shape index (κ1) is 16.7. The maximum Gasteiger partial charge on any atom is 0.308 e. The van der Waals surface area contributed by atoms with Crippen molar-refractivity contribution in [2.75, 3.05) is 25.5 Å². The van der Waals surface area contributed by atoms with Crippen LogP contribution in [0, 0.1) is 5.92 Å². The highest BCUT2D eigenvalue weighted by molar-refractivity contribution is 6.04. The van der Waals surface area contributed by atoms with Gasteiger partial charge in [0.1, 0.15) is 0 Å². The van der Waals surface area contributed by atoms with E-state index in [1.807, 2.05) is 0 Å². The summed E-state index contributed by atoms with van der Waals surface area (Å²) in [6, 6.07) is 6.76. The number of benzene rings is 1. The smallest absolute Gasteiger partial charge is 0.308 e.